The van der Waals surface area contributed by atoms with Crippen LogP contribution in [0, 0.1) is 0 Å². The molecule has 0 aromatic rings. The van der Waals surface area contributed by atoms with Crippen LogP contribution in [0.5, 0.6) is 0 Å². The van der Waals surface area contributed by atoms with Crippen LogP contribution < -0.4 is 0 Å². The van der Waals surface area contributed by atoms with E-state index in [9.17, 15) is 4.79 Å². The summed E-state index contributed by atoms with van der Waals surface area (Å²) >= 11 is 0. The topological polar surface area (TPSA) is 29.5 Å². The molecule has 0 saturated carbocycles. The van der Waals surface area contributed by atoms with Crippen molar-refractivity contribution in [3.8, 4) is 0 Å². The maximum absolute atomic E-state index is 12.1. The smallest absolute Gasteiger partial charge is 0.193 e. The fraction of sp³-hybridized carbons (Fsp3) is 0.643. The summed E-state index contributed by atoms with van der Waals surface area (Å²) in [5.41, 5.74) is 0. The van der Waals surface area contributed by atoms with Crippen LogP contribution in [0.15, 0.2) is 24.4 Å². The Bertz CT molecular complexity index is 407. The van der Waals surface area contributed by atoms with Gasteiger partial charge >= 0.3 is 0 Å². The van der Waals surface area contributed by atoms with Gasteiger partial charge in [0, 0.05) is 12.7 Å². The van der Waals surface area contributed by atoms with Gasteiger partial charge in [-0.1, -0.05) is 32.9 Å². The van der Waals surface area contributed by atoms with E-state index in [1.54, 1.807) is 6.08 Å². The molecule has 0 radical (unpaired) electrons. The fourth-order valence-electron chi connectivity index (χ4n) is 2.04. The average Bonchev–Trinajstić information content (AvgIpc) is 2.68. The van der Waals surface area contributed by atoms with E-state index in [1.807, 2.05) is 6.20 Å². The highest BCUT2D eigenvalue weighted by Crippen LogP contribution is 2.38. The third-order valence-corrected chi connectivity index (χ3v) is 8.74. The second-order valence-corrected chi connectivity index (χ2v) is 11.4. The molecular weight excluding hydrogens is 242 g/mol. The van der Waals surface area contributed by atoms with E-state index in [1.165, 1.54) is 0 Å². The van der Waals surface area contributed by atoms with E-state index >= 15 is 0 Å². The van der Waals surface area contributed by atoms with Crippen molar-refractivity contribution in [3.05, 3.63) is 24.4 Å². The van der Waals surface area contributed by atoms with Gasteiger partial charge < -0.3 is 9.33 Å². The maximum atomic E-state index is 12.1. The van der Waals surface area contributed by atoms with Gasteiger partial charge in [-0.25, -0.2) is 0 Å². The average molecular weight is 265 g/mol. The lowest BCUT2D eigenvalue weighted by Crippen LogP contribution is -2.53. The molecule has 0 amide bonds. The number of nitrogens with zero attached hydrogens (tertiary/aromatic N) is 1. The van der Waals surface area contributed by atoms with Gasteiger partial charge in [0.25, 0.3) is 0 Å². The van der Waals surface area contributed by atoms with Crippen LogP contribution in [-0.2, 0) is 9.22 Å². The molecule has 100 valence electrons. The van der Waals surface area contributed by atoms with Crippen LogP contribution >= 0.6 is 0 Å². The molecular formula is C14H23NO2Si. The first-order valence-corrected chi connectivity index (χ1v) is 9.45. The number of rotatable bonds is 2. The van der Waals surface area contributed by atoms with Crippen LogP contribution in [0.2, 0.25) is 18.1 Å². The van der Waals surface area contributed by atoms with Crippen molar-refractivity contribution >= 4 is 14.1 Å². The van der Waals surface area contributed by atoms with E-state index < -0.39 is 8.32 Å². The molecule has 0 aliphatic carbocycles. The zero-order valence-corrected chi connectivity index (χ0v) is 12.9. The first kappa shape index (κ1) is 13.6. The Hall–Kier alpha value is -0.873. The third kappa shape index (κ3) is 2.31. The highest BCUT2D eigenvalue weighted by Gasteiger charge is 2.44. The van der Waals surface area contributed by atoms with Crippen LogP contribution in [0.4, 0.5) is 0 Å². The summed E-state index contributed by atoms with van der Waals surface area (Å²) in [7, 11) is -1.91. The van der Waals surface area contributed by atoms with Gasteiger partial charge in [-0.2, -0.15) is 0 Å². The molecule has 0 unspecified atom stereocenters. The van der Waals surface area contributed by atoms with Crippen molar-refractivity contribution in [1.82, 2.24) is 4.90 Å². The highest BCUT2D eigenvalue weighted by molar-refractivity contribution is 6.74. The number of fused-ring (bicyclic) bond motifs is 1. The van der Waals surface area contributed by atoms with Gasteiger partial charge in [0.15, 0.2) is 14.1 Å². The fourth-order valence-corrected chi connectivity index (χ4v) is 3.29. The standard InChI is InChI=1S/C14H23NO2Si/c1-14(2,3)18(4,5)17-13-11-7-6-9-15(11)10-8-12(13)16/h6-8,10-11,13H,9H2,1-5H3/t11-,13+/m0/s1. The van der Waals surface area contributed by atoms with Gasteiger partial charge in [0.05, 0.1) is 6.04 Å². The Morgan fingerprint density at radius 2 is 2.06 bits per heavy atom. The molecule has 2 heterocycles. The second kappa shape index (κ2) is 4.35. The van der Waals surface area contributed by atoms with Crippen molar-refractivity contribution in [2.45, 2.75) is 51.0 Å². The minimum atomic E-state index is -1.91. The van der Waals surface area contributed by atoms with E-state index in [-0.39, 0.29) is 23.0 Å². The lowest BCUT2D eigenvalue weighted by molar-refractivity contribution is -0.124. The summed E-state index contributed by atoms with van der Waals surface area (Å²) < 4.78 is 6.31. The van der Waals surface area contributed by atoms with E-state index in [4.69, 9.17) is 4.43 Å². The molecule has 0 bridgehead atoms. The highest BCUT2D eigenvalue weighted by atomic mass is 28.4. The number of carbonyl (C=O) groups excluding carboxylic acids is 1. The Kier molecular flexibility index (Phi) is 3.28. The zero-order chi connectivity index (χ0) is 13.6. The van der Waals surface area contributed by atoms with Gasteiger partial charge in [-0.05, 0) is 24.2 Å². The molecule has 0 spiro atoms. The van der Waals surface area contributed by atoms with Gasteiger partial charge in [0.1, 0.15) is 6.10 Å². The molecule has 2 rings (SSSR count). The summed E-state index contributed by atoms with van der Waals surface area (Å²) in [4.78, 5) is 14.3. The largest absolute Gasteiger partial charge is 0.404 e. The second-order valence-electron chi connectivity index (χ2n) is 6.63. The quantitative estimate of drug-likeness (QED) is 0.568. The van der Waals surface area contributed by atoms with Gasteiger partial charge in [-0.15, -0.1) is 0 Å². The van der Waals surface area contributed by atoms with Gasteiger partial charge in [-0.3, -0.25) is 4.79 Å². The molecule has 3 nitrogen and oxygen atoms in total. The molecule has 2 atom stereocenters. The number of carbonyl (C=O) groups is 1. The lowest BCUT2D eigenvalue weighted by atomic mass is 10.0. The van der Waals surface area contributed by atoms with Crippen LogP contribution in [0.25, 0.3) is 0 Å². The summed E-state index contributed by atoms with van der Waals surface area (Å²) in [6.07, 6.45) is 7.42. The summed E-state index contributed by atoms with van der Waals surface area (Å²) in [6.45, 7) is 11.9. The Morgan fingerprint density at radius 3 is 2.67 bits per heavy atom. The predicted octanol–water partition coefficient (Wildman–Crippen LogP) is 2.71. The van der Waals surface area contributed by atoms with E-state index in [2.05, 4.69) is 50.9 Å². The minimum Gasteiger partial charge on any atom is -0.404 e. The zero-order valence-electron chi connectivity index (χ0n) is 11.9. The van der Waals surface area contributed by atoms with Crippen molar-refractivity contribution in [2.24, 2.45) is 0 Å². The SMILES string of the molecule is CC(C)(C)[Si](C)(C)O[C@H]1C(=O)C=CN2CC=C[C@@H]12. The Labute approximate surface area is 111 Å². The van der Waals surface area contributed by atoms with Crippen LogP contribution in [-0.4, -0.2) is 37.7 Å². The van der Waals surface area contributed by atoms with Crippen molar-refractivity contribution in [1.29, 1.82) is 0 Å². The normalized spacial score (nSPS) is 27.8. The molecule has 4 heteroatoms. The molecule has 0 saturated heterocycles. The maximum Gasteiger partial charge on any atom is 0.193 e. The van der Waals surface area contributed by atoms with Crippen LogP contribution in [0.1, 0.15) is 20.8 Å². The van der Waals surface area contributed by atoms with E-state index in [0.29, 0.717) is 0 Å². The minimum absolute atomic E-state index is 0.0941. The predicted molar refractivity (Wildman–Crippen MR) is 75.9 cm³/mol. The number of hydrogen-bond donors (Lipinski definition) is 0. The summed E-state index contributed by atoms with van der Waals surface area (Å²) in [5.74, 6) is 0.104. The summed E-state index contributed by atoms with van der Waals surface area (Å²) in [5, 5.41) is 0.127. The van der Waals surface area contributed by atoms with Crippen molar-refractivity contribution in [2.75, 3.05) is 6.54 Å². The first-order chi connectivity index (χ1) is 8.22. The van der Waals surface area contributed by atoms with Gasteiger partial charge in [0.2, 0.25) is 0 Å². The van der Waals surface area contributed by atoms with Crippen LogP contribution in [0.3, 0.4) is 0 Å². The Balaban J connectivity index is 2.20. The molecule has 2 aliphatic heterocycles. The molecule has 0 aromatic carbocycles. The number of hydrogen-bond acceptors (Lipinski definition) is 3. The summed E-state index contributed by atoms with van der Waals surface area (Å²) in [6, 6.07) is 0.0941. The Morgan fingerprint density at radius 1 is 1.39 bits per heavy atom. The van der Waals surface area contributed by atoms with Crippen molar-refractivity contribution in [3.63, 3.8) is 0 Å². The lowest BCUT2D eigenvalue weighted by Gasteiger charge is -2.42. The molecule has 0 aromatic heterocycles. The third-order valence-electron chi connectivity index (χ3n) is 4.28. The molecule has 0 fully saturated rings. The van der Waals surface area contributed by atoms with E-state index in [0.717, 1.165) is 6.54 Å². The molecule has 0 N–H and O–H groups in total. The first-order valence-electron chi connectivity index (χ1n) is 6.55. The number of ketones is 1. The molecule has 2 aliphatic rings. The molecule has 18 heavy (non-hydrogen) atoms. The van der Waals surface area contributed by atoms with Crippen molar-refractivity contribution < 1.29 is 9.22 Å². The monoisotopic (exact) mass is 265 g/mol.